The topological polar surface area (TPSA) is 47.6 Å². The van der Waals surface area contributed by atoms with Gasteiger partial charge in [-0.1, -0.05) is 23.7 Å². The van der Waals surface area contributed by atoms with Gasteiger partial charge < -0.3 is 0 Å². The van der Waals surface area contributed by atoms with Gasteiger partial charge in [-0.3, -0.25) is 0 Å². The zero-order valence-electron chi connectivity index (χ0n) is 14.4. The fourth-order valence-corrected chi connectivity index (χ4v) is 3.47. The predicted molar refractivity (Wildman–Crippen MR) is 116 cm³/mol. The fourth-order valence-electron chi connectivity index (χ4n) is 2.28. The summed E-state index contributed by atoms with van der Waals surface area (Å²) in [7, 11) is 0. The molecule has 4 heteroatoms. The zero-order valence-corrected chi connectivity index (χ0v) is 17.6. The highest BCUT2D eigenvalue weighted by molar-refractivity contribution is 9.11. The van der Waals surface area contributed by atoms with Crippen LogP contribution in [0, 0.1) is 46.3 Å². The number of nitriles is 2. The zero-order chi connectivity index (χ0) is 19.9. The molecule has 0 spiro atoms. The maximum atomic E-state index is 8.86. The first-order chi connectivity index (χ1) is 13.6. The average Bonchev–Trinajstić information content (AvgIpc) is 2.73. The van der Waals surface area contributed by atoms with Crippen molar-refractivity contribution < 1.29 is 0 Å². The van der Waals surface area contributed by atoms with Gasteiger partial charge in [0.25, 0.3) is 0 Å². The van der Waals surface area contributed by atoms with Crippen LogP contribution in [0.3, 0.4) is 0 Å². The maximum absolute atomic E-state index is 8.86. The molecule has 0 aliphatic carbocycles. The second-order valence-electron chi connectivity index (χ2n) is 5.69. The Morgan fingerprint density at radius 3 is 1.21 bits per heavy atom. The normalized spacial score (nSPS) is 9.14. The molecule has 0 saturated carbocycles. The van der Waals surface area contributed by atoms with E-state index in [1.165, 1.54) is 0 Å². The first-order valence-electron chi connectivity index (χ1n) is 8.12. The highest BCUT2D eigenvalue weighted by Crippen LogP contribution is 2.25. The van der Waals surface area contributed by atoms with E-state index in [2.05, 4.69) is 67.7 Å². The van der Waals surface area contributed by atoms with Crippen LogP contribution in [0.25, 0.3) is 0 Å². The SMILES string of the molecule is N#Cc1ccc(C#Cc2cc(C#Cc3ccc(C#N)cc3)c(Br)cc2Br)cc1. The Kier molecular flexibility index (Phi) is 6.32. The Bertz CT molecular complexity index is 1140. The molecule has 3 aromatic carbocycles. The first kappa shape index (κ1) is 19.5. The van der Waals surface area contributed by atoms with Crippen molar-refractivity contribution in [1.29, 1.82) is 10.5 Å². The summed E-state index contributed by atoms with van der Waals surface area (Å²) in [5, 5.41) is 17.7. The van der Waals surface area contributed by atoms with Crippen LogP contribution in [-0.2, 0) is 0 Å². The summed E-state index contributed by atoms with van der Waals surface area (Å²) in [5.74, 6) is 12.5. The maximum Gasteiger partial charge on any atom is 0.0991 e. The molecule has 3 rings (SSSR count). The lowest BCUT2D eigenvalue weighted by atomic mass is 10.1. The van der Waals surface area contributed by atoms with E-state index in [9.17, 15) is 0 Å². The molecule has 0 radical (unpaired) electrons. The van der Waals surface area contributed by atoms with Crippen LogP contribution < -0.4 is 0 Å². The van der Waals surface area contributed by atoms with E-state index < -0.39 is 0 Å². The molecular weight excluding hydrogens is 476 g/mol. The van der Waals surface area contributed by atoms with Gasteiger partial charge in [-0.2, -0.15) is 10.5 Å². The molecule has 130 valence electrons. The predicted octanol–water partition coefficient (Wildman–Crippen LogP) is 5.75. The van der Waals surface area contributed by atoms with E-state index in [-0.39, 0.29) is 0 Å². The molecule has 0 N–H and O–H groups in total. The molecule has 0 saturated heterocycles. The highest BCUT2D eigenvalue weighted by Gasteiger charge is 2.04. The standard InChI is InChI=1S/C24H10Br2N2/c25-23-14-24(26)22(12-10-18-3-7-20(16-28)8-4-18)13-21(23)11-9-17-1-5-19(15-27)6-2-17/h1-8,13-14H. The average molecular weight is 486 g/mol. The lowest BCUT2D eigenvalue weighted by Crippen LogP contribution is -1.85. The molecule has 0 aliphatic heterocycles. The van der Waals surface area contributed by atoms with Crippen LogP contribution in [0.4, 0.5) is 0 Å². The van der Waals surface area contributed by atoms with Gasteiger partial charge in [0.1, 0.15) is 0 Å². The van der Waals surface area contributed by atoms with Crippen LogP contribution in [0.5, 0.6) is 0 Å². The summed E-state index contributed by atoms with van der Waals surface area (Å²) in [4.78, 5) is 0. The minimum absolute atomic E-state index is 0.607. The van der Waals surface area contributed by atoms with Gasteiger partial charge in [0.15, 0.2) is 0 Å². The Morgan fingerprint density at radius 2 is 0.857 bits per heavy atom. The van der Waals surface area contributed by atoms with Gasteiger partial charge in [-0.05, 0) is 92.5 Å². The quantitative estimate of drug-likeness (QED) is 0.380. The van der Waals surface area contributed by atoms with Crippen LogP contribution in [0.1, 0.15) is 33.4 Å². The summed E-state index contributed by atoms with van der Waals surface area (Å²) in [6.07, 6.45) is 0. The van der Waals surface area contributed by atoms with Gasteiger partial charge in [0, 0.05) is 31.2 Å². The fraction of sp³-hybridized carbons (Fsp3) is 0. The third-order valence-corrected chi connectivity index (χ3v) is 5.08. The molecule has 0 atom stereocenters. The summed E-state index contributed by atoms with van der Waals surface area (Å²) in [5.41, 5.74) is 4.51. The summed E-state index contributed by atoms with van der Waals surface area (Å²) >= 11 is 7.07. The third-order valence-electron chi connectivity index (χ3n) is 3.77. The van der Waals surface area contributed by atoms with Crippen molar-refractivity contribution >= 4 is 31.9 Å². The molecule has 0 unspecified atom stereocenters. The lowest BCUT2D eigenvalue weighted by molar-refractivity contribution is 1.48. The molecular formula is C24H10Br2N2. The Morgan fingerprint density at radius 1 is 0.500 bits per heavy atom. The van der Waals surface area contributed by atoms with Crippen molar-refractivity contribution in [3.05, 3.63) is 103 Å². The number of hydrogen-bond donors (Lipinski definition) is 0. The van der Waals surface area contributed by atoms with E-state index in [1.807, 2.05) is 36.4 Å². The molecule has 0 aromatic heterocycles. The van der Waals surface area contributed by atoms with Gasteiger partial charge in [-0.15, -0.1) is 0 Å². The van der Waals surface area contributed by atoms with Crippen molar-refractivity contribution in [1.82, 2.24) is 0 Å². The van der Waals surface area contributed by atoms with Crippen molar-refractivity contribution in [3.8, 4) is 35.8 Å². The molecule has 0 fully saturated rings. The molecule has 0 bridgehead atoms. The highest BCUT2D eigenvalue weighted by atomic mass is 79.9. The molecule has 0 amide bonds. The molecule has 0 aliphatic rings. The molecule has 28 heavy (non-hydrogen) atoms. The number of benzene rings is 3. The Hall–Kier alpha value is -3.28. The second kappa shape index (κ2) is 9.08. The van der Waals surface area contributed by atoms with Crippen molar-refractivity contribution in [2.24, 2.45) is 0 Å². The molecule has 2 nitrogen and oxygen atoms in total. The number of nitrogens with zero attached hydrogens (tertiary/aromatic N) is 2. The van der Waals surface area contributed by atoms with Gasteiger partial charge in [-0.25, -0.2) is 0 Å². The lowest BCUT2D eigenvalue weighted by Gasteiger charge is -2.01. The van der Waals surface area contributed by atoms with E-state index >= 15 is 0 Å². The van der Waals surface area contributed by atoms with Gasteiger partial charge >= 0.3 is 0 Å². The smallest absolute Gasteiger partial charge is 0.0991 e. The van der Waals surface area contributed by atoms with Gasteiger partial charge in [0.2, 0.25) is 0 Å². The van der Waals surface area contributed by atoms with Crippen LogP contribution >= 0.6 is 31.9 Å². The Labute approximate surface area is 180 Å². The Balaban J connectivity index is 1.91. The first-order valence-corrected chi connectivity index (χ1v) is 9.71. The number of rotatable bonds is 0. The van der Waals surface area contributed by atoms with Crippen LogP contribution in [0.2, 0.25) is 0 Å². The number of halogens is 2. The largest absolute Gasteiger partial charge is 0.192 e. The minimum atomic E-state index is 0.607. The van der Waals surface area contributed by atoms with Crippen molar-refractivity contribution in [2.45, 2.75) is 0 Å². The van der Waals surface area contributed by atoms with Crippen molar-refractivity contribution in [3.63, 3.8) is 0 Å². The number of hydrogen-bond acceptors (Lipinski definition) is 2. The van der Waals surface area contributed by atoms with Crippen LogP contribution in [-0.4, -0.2) is 0 Å². The third kappa shape index (κ3) is 4.91. The molecule has 3 aromatic rings. The van der Waals surface area contributed by atoms with Gasteiger partial charge in [0.05, 0.1) is 23.3 Å². The monoisotopic (exact) mass is 484 g/mol. The van der Waals surface area contributed by atoms with E-state index in [0.29, 0.717) is 11.1 Å². The minimum Gasteiger partial charge on any atom is -0.192 e. The second-order valence-corrected chi connectivity index (χ2v) is 7.40. The van der Waals surface area contributed by atoms with E-state index in [1.54, 1.807) is 24.3 Å². The molecule has 0 heterocycles. The summed E-state index contributed by atoms with van der Waals surface area (Å²) < 4.78 is 1.73. The van der Waals surface area contributed by atoms with E-state index in [0.717, 1.165) is 31.2 Å². The van der Waals surface area contributed by atoms with Crippen molar-refractivity contribution in [2.75, 3.05) is 0 Å². The van der Waals surface area contributed by atoms with Crippen LogP contribution in [0.15, 0.2) is 69.6 Å². The van der Waals surface area contributed by atoms with E-state index in [4.69, 9.17) is 10.5 Å². The summed E-state index contributed by atoms with van der Waals surface area (Å²) in [6, 6.07) is 22.3. The summed E-state index contributed by atoms with van der Waals surface area (Å²) in [6.45, 7) is 0.